The third-order valence-electron chi connectivity index (χ3n) is 10.4. The van der Waals surface area contributed by atoms with Crippen LogP contribution in [0.15, 0.2) is 78.4 Å². The minimum Gasteiger partial charge on any atom is -0.508 e. The van der Waals surface area contributed by atoms with E-state index in [1.807, 2.05) is 36.4 Å². The van der Waals surface area contributed by atoms with E-state index in [-0.39, 0.29) is 42.0 Å². The maximum absolute atomic E-state index is 15.3. The summed E-state index contributed by atoms with van der Waals surface area (Å²) in [6.07, 6.45) is 2.47. The second-order valence-corrected chi connectivity index (χ2v) is 12.7. The first-order chi connectivity index (χ1) is 22.2. The fraction of sp³-hybridized carbons (Fsp3) is 0.333. The van der Waals surface area contributed by atoms with Gasteiger partial charge in [0.25, 0.3) is 0 Å². The van der Waals surface area contributed by atoms with E-state index in [0.29, 0.717) is 28.3 Å². The lowest BCUT2D eigenvalue weighted by molar-refractivity contribution is -0.140. The number of phenols is 1. The number of hydrogen-bond acceptors (Lipinski definition) is 7. The Labute approximate surface area is 271 Å². The van der Waals surface area contributed by atoms with Crippen molar-refractivity contribution in [1.82, 2.24) is 4.90 Å². The normalized spacial score (nSPS) is 28.5. The van der Waals surface area contributed by atoms with E-state index >= 15 is 4.79 Å². The van der Waals surface area contributed by atoms with E-state index in [2.05, 4.69) is 0 Å². The summed E-state index contributed by atoms with van der Waals surface area (Å²) in [7, 11) is 2.93. The van der Waals surface area contributed by atoms with E-state index in [9.17, 15) is 19.5 Å². The van der Waals surface area contributed by atoms with Crippen molar-refractivity contribution in [3.8, 4) is 17.2 Å². The number of ether oxygens (including phenoxy) is 2. The van der Waals surface area contributed by atoms with Gasteiger partial charge in [-0.05, 0) is 49.4 Å². The Kier molecular flexibility index (Phi) is 7.20. The van der Waals surface area contributed by atoms with E-state index in [4.69, 9.17) is 21.1 Å². The average molecular weight is 641 g/mol. The van der Waals surface area contributed by atoms with Crippen LogP contribution in [0.2, 0.25) is 5.02 Å². The second kappa shape index (κ2) is 11.0. The largest absolute Gasteiger partial charge is 0.508 e. The highest BCUT2D eigenvalue weighted by molar-refractivity contribution is 6.32. The fourth-order valence-corrected chi connectivity index (χ4v) is 8.83. The summed E-state index contributed by atoms with van der Waals surface area (Å²) in [5, 5.41) is 11.0. The molecule has 0 aromatic heterocycles. The average Bonchev–Trinajstić information content (AvgIpc) is 3.45. The summed E-state index contributed by atoms with van der Waals surface area (Å²) >= 11 is 6.37. The van der Waals surface area contributed by atoms with Crippen LogP contribution in [0.3, 0.4) is 0 Å². The third-order valence-corrected chi connectivity index (χ3v) is 10.6. The lowest BCUT2D eigenvalue weighted by Gasteiger charge is -2.51. The fourth-order valence-electron chi connectivity index (χ4n) is 8.64. The number of aromatic hydroxyl groups is 1. The number of nitrogens with zero attached hydrogens (tertiary/aromatic N) is 2. The molecule has 46 heavy (non-hydrogen) atoms. The van der Waals surface area contributed by atoms with Crippen LogP contribution < -0.4 is 14.4 Å². The number of hydrogen-bond donors (Lipinski definition) is 1. The lowest BCUT2D eigenvalue weighted by atomic mass is 9.49. The first-order valence-corrected chi connectivity index (χ1v) is 15.8. The van der Waals surface area contributed by atoms with Gasteiger partial charge in [0.15, 0.2) is 0 Å². The van der Waals surface area contributed by atoms with Gasteiger partial charge in [-0.25, -0.2) is 4.90 Å². The van der Waals surface area contributed by atoms with E-state index in [1.54, 1.807) is 31.2 Å². The molecule has 2 aliphatic carbocycles. The van der Waals surface area contributed by atoms with Crippen LogP contribution in [-0.2, 0) is 24.6 Å². The van der Waals surface area contributed by atoms with Crippen molar-refractivity contribution in [3.63, 3.8) is 0 Å². The van der Waals surface area contributed by atoms with Crippen molar-refractivity contribution < 1.29 is 33.8 Å². The predicted octanol–water partition coefficient (Wildman–Crippen LogP) is 5.25. The number of fused-ring (bicyclic) bond motifs is 4. The highest BCUT2D eigenvalue weighted by atomic mass is 35.5. The van der Waals surface area contributed by atoms with E-state index < -0.39 is 46.8 Å². The van der Waals surface area contributed by atoms with Crippen LogP contribution in [0, 0.1) is 23.7 Å². The number of allylic oxidation sites excluding steroid dienone is 2. The number of imide groups is 2. The number of phenolic OH excluding ortho intramolecular Hbond substituents is 1. The van der Waals surface area contributed by atoms with Crippen molar-refractivity contribution in [2.45, 2.75) is 31.1 Å². The van der Waals surface area contributed by atoms with Crippen molar-refractivity contribution in [3.05, 3.63) is 94.5 Å². The molecule has 1 saturated carbocycles. The van der Waals surface area contributed by atoms with E-state index in [0.717, 1.165) is 5.57 Å². The molecule has 2 saturated heterocycles. The Balaban J connectivity index is 1.56. The van der Waals surface area contributed by atoms with Gasteiger partial charge in [-0.3, -0.25) is 24.1 Å². The Morgan fingerprint density at radius 2 is 1.59 bits per heavy atom. The van der Waals surface area contributed by atoms with Gasteiger partial charge in [0.05, 0.1) is 43.1 Å². The number of methoxy groups -OCH3 is 2. The summed E-state index contributed by atoms with van der Waals surface area (Å²) in [5.74, 6) is -4.41. The summed E-state index contributed by atoms with van der Waals surface area (Å²) in [6.45, 7) is 2.03. The second-order valence-electron chi connectivity index (χ2n) is 12.3. The number of halogens is 1. The highest BCUT2D eigenvalue weighted by Gasteiger charge is 2.70. The Morgan fingerprint density at radius 3 is 2.22 bits per heavy atom. The minimum atomic E-state index is -1.50. The predicted molar refractivity (Wildman–Crippen MR) is 170 cm³/mol. The molecule has 3 aromatic carbocycles. The summed E-state index contributed by atoms with van der Waals surface area (Å²) in [5.41, 5.74) is 0.718. The molecule has 3 aromatic rings. The molecule has 7 rings (SSSR count). The Hall–Kier alpha value is -4.63. The zero-order valence-corrected chi connectivity index (χ0v) is 26.4. The molecule has 0 spiro atoms. The molecule has 0 radical (unpaired) electrons. The molecule has 6 atom stereocenters. The quantitative estimate of drug-likeness (QED) is 0.289. The molecule has 10 heteroatoms. The molecule has 4 aliphatic rings. The molecule has 4 amide bonds. The molecule has 2 aliphatic heterocycles. The van der Waals surface area contributed by atoms with Crippen LogP contribution in [0.5, 0.6) is 17.2 Å². The first-order valence-electron chi connectivity index (χ1n) is 15.4. The van der Waals surface area contributed by atoms with Gasteiger partial charge in [0.1, 0.15) is 17.2 Å². The van der Waals surface area contributed by atoms with Crippen molar-refractivity contribution in [2.75, 3.05) is 25.7 Å². The van der Waals surface area contributed by atoms with Crippen molar-refractivity contribution in [2.24, 2.45) is 23.7 Å². The molecular weight excluding hydrogens is 608 g/mol. The number of carbonyl (C=O) groups excluding carboxylic acids is 4. The monoisotopic (exact) mass is 640 g/mol. The number of rotatable bonds is 6. The number of likely N-dealkylation sites (tertiary alicyclic amines) is 1. The van der Waals surface area contributed by atoms with E-state index in [1.165, 1.54) is 36.2 Å². The van der Waals surface area contributed by atoms with Gasteiger partial charge in [0, 0.05) is 35.2 Å². The molecule has 1 N–H and O–H groups in total. The van der Waals surface area contributed by atoms with Gasteiger partial charge in [-0.1, -0.05) is 59.6 Å². The Bertz CT molecular complexity index is 1800. The van der Waals surface area contributed by atoms with Crippen LogP contribution in [-0.4, -0.2) is 54.4 Å². The maximum atomic E-state index is 15.3. The topological polar surface area (TPSA) is 113 Å². The molecule has 0 bridgehead atoms. The van der Waals surface area contributed by atoms with Crippen LogP contribution >= 0.6 is 11.6 Å². The SMILES string of the molecule is CCN1C(=O)[C@H]2[C@H](CC=C3[C@H]2C[C@H]2C(=O)N(c4cccc(Cl)c4)C(=O)[C@@]2(c2ccccc2)[C@H]3c2c(OC)cc(O)cc2OC)C1=O. The van der Waals surface area contributed by atoms with Crippen LogP contribution in [0.1, 0.15) is 36.8 Å². The van der Waals surface area contributed by atoms with Gasteiger partial charge in [0.2, 0.25) is 23.6 Å². The number of benzene rings is 3. The Morgan fingerprint density at radius 1 is 0.891 bits per heavy atom. The van der Waals surface area contributed by atoms with Gasteiger partial charge in [-0.2, -0.15) is 0 Å². The van der Waals surface area contributed by atoms with Crippen LogP contribution in [0.25, 0.3) is 0 Å². The van der Waals surface area contributed by atoms with Crippen LogP contribution in [0.4, 0.5) is 5.69 Å². The number of amides is 4. The van der Waals surface area contributed by atoms with Crippen molar-refractivity contribution in [1.29, 1.82) is 0 Å². The molecule has 3 fully saturated rings. The zero-order valence-electron chi connectivity index (χ0n) is 25.6. The summed E-state index contributed by atoms with van der Waals surface area (Å²) in [4.78, 5) is 59.9. The van der Waals surface area contributed by atoms with Gasteiger partial charge >= 0.3 is 0 Å². The third kappa shape index (κ3) is 4.00. The highest BCUT2D eigenvalue weighted by Crippen LogP contribution is 2.66. The maximum Gasteiger partial charge on any atom is 0.246 e. The molecule has 0 unspecified atom stereocenters. The molecule has 2 heterocycles. The summed E-state index contributed by atoms with van der Waals surface area (Å²) in [6, 6.07) is 18.8. The zero-order chi connectivity index (χ0) is 32.5. The smallest absolute Gasteiger partial charge is 0.246 e. The van der Waals surface area contributed by atoms with Crippen molar-refractivity contribution >= 4 is 40.9 Å². The molecule has 236 valence electrons. The lowest BCUT2D eigenvalue weighted by Crippen LogP contribution is -2.53. The summed E-state index contributed by atoms with van der Waals surface area (Å²) < 4.78 is 11.7. The number of carbonyl (C=O) groups is 4. The molecule has 9 nitrogen and oxygen atoms in total. The minimum absolute atomic E-state index is 0.0997. The van der Waals surface area contributed by atoms with Gasteiger partial charge in [-0.15, -0.1) is 0 Å². The first kappa shape index (κ1) is 30.0. The van der Waals surface area contributed by atoms with Gasteiger partial charge < -0.3 is 14.6 Å². The molecular formula is C36H33ClN2O7. The number of anilines is 1. The standard InChI is InChI=1S/C36H33ClN2O7/c1-4-38-32(41)24-14-13-23-25(29(24)34(38)43)18-26-33(42)39(21-12-8-11-20(37)15-21)35(44)36(26,19-9-6-5-7-10-19)31(23)30-27(45-2)16-22(40)17-28(30)46-3/h5-13,15-17,24-26,29,31,40H,4,14,18H2,1-3H3/t24-,25+,26-,29-,31+,36+/m0/s1.